The summed E-state index contributed by atoms with van der Waals surface area (Å²) in [5.41, 5.74) is 0. The summed E-state index contributed by atoms with van der Waals surface area (Å²) < 4.78 is 11.3. The fraction of sp³-hybridized carbons (Fsp3) is 1.00. The quantitative estimate of drug-likeness (QED) is 0.789. The second kappa shape index (κ2) is 6.08. The lowest BCUT2D eigenvalue weighted by molar-refractivity contribution is -0.134. The van der Waals surface area contributed by atoms with Crippen LogP contribution in [-0.4, -0.2) is 62.0 Å². The molecule has 2 saturated carbocycles. The number of ether oxygens (including phenoxy) is 2. The van der Waals surface area contributed by atoms with E-state index in [1.165, 1.54) is 38.8 Å². The van der Waals surface area contributed by atoms with Crippen LogP contribution in [0.1, 0.15) is 39.0 Å². The Bertz CT molecular complexity index is 288. The first-order valence-electron chi connectivity index (χ1n) is 7.96. The first kappa shape index (κ1) is 13.8. The Labute approximate surface area is 116 Å². The summed E-state index contributed by atoms with van der Waals surface area (Å²) in [6.45, 7) is 5.40. The van der Waals surface area contributed by atoms with Crippen LogP contribution in [0.2, 0.25) is 0 Å². The smallest absolute Gasteiger partial charge is 0.0986 e. The Morgan fingerprint density at radius 3 is 2.47 bits per heavy atom. The first-order chi connectivity index (χ1) is 9.31. The topological polar surface area (TPSA) is 33.7 Å². The number of nitrogens with one attached hydrogen (secondary N) is 1. The monoisotopic (exact) mass is 268 g/mol. The average Bonchev–Trinajstić information content (AvgIpc) is 3.23. The van der Waals surface area contributed by atoms with Crippen molar-refractivity contribution in [3.63, 3.8) is 0 Å². The van der Waals surface area contributed by atoms with Crippen LogP contribution in [-0.2, 0) is 9.47 Å². The molecule has 0 amide bonds. The van der Waals surface area contributed by atoms with Crippen molar-refractivity contribution in [2.45, 2.75) is 69.4 Å². The highest BCUT2D eigenvalue weighted by molar-refractivity contribution is 4.99. The lowest BCUT2D eigenvalue weighted by atomic mass is 9.84. The van der Waals surface area contributed by atoms with E-state index < -0.39 is 0 Å². The van der Waals surface area contributed by atoms with E-state index in [2.05, 4.69) is 17.1 Å². The minimum absolute atomic E-state index is 0.251. The summed E-state index contributed by atoms with van der Waals surface area (Å²) in [4.78, 5) is 2.68. The maximum atomic E-state index is 5.68. The SMILES string of the molecule is CCOC1CC(NC2CCN(C3CC3)CC2)C1OC. The summed E-state index contributed by atoms with van der Waals surface area (Å²) in [5, 5.41) is 3.79. The van der Waals surface area contributed by atoms with Gasteiger partial charge in [0.15, 0.2) is 0 Å². The lowest BCUT2D eigenvalue weighted by Crippen LogP contribution is -2.62. The Hall–Kier alpha value is -0.160. The number of nitrogens with zero attached hydrogens (tertiary/aromatic N) is 1. The third kappa shape index (κ3) is 3.13. The Morgan fingerprint density at radius 2 is 1.89 bits per heavy atom. The molecule has 2 aliphatic carbocycles. The molecule has 1 heterocycles. The van der Waals surface area contributed by atoms with Gasteiger partial charge in [0.25, 0.3) is 0 Å². The molecule has 4 heteroatoms. The molecule has 1 N–H and O–H groups in total. The van der Waals surface area contributed by atoms with Gasteiger partial charge in [-0.15, -0.1) is 0 Å². The molecule has 3 atom stereocenters. The van der Waals surface area contributed by atoms with Crippen LogP contribution in [0, 0.1) is 0 Å². The van der Waals surface area contributed by atoms with Crippen LogP contribution in [0.5, 0.6) is 0 Å². The van der Waals surface area contributed by atoms with Gasteiger partial charge in [-0.05, 0) is 52.1 Å². The zero-order valence-corrected chi connectivity index (χ0v) is 12.3. The fourth-order valence-electron chi connectivity index (χ4n) is 3.61. The largest absolute Gasteiger partial charge is 0.377 e. The summed E-state index contributed by atoms with van der Waals surface area (Å²) in [6, 6.07) is 2.11. The third-order valence-electron chi connectivity index (χ3n) is 4.94. The second-order valence-corrected chi connectivity index (χ2v) is 6.24. The van der Waals surface area contributed by atoms with Crippen molar-refractivity contribution >= 4 is 0 Å². The predicted octanol–water partition coefficient (Wildman–Crippen LogP) is 1.40. The van der Waals surface area contributed by atoms with E-state index in [1.807, 2.05) is 0 Å². The van der Waals surface area contributed by atoms with Gasteiger partial charge in [0, 0.05) is 31.8 Å². The highest BCUT2D eigenvalue weighted by Gasteiger charge is 2.43. The van der Waals surface area contributed by atoms with Gasteiger partial charge in [-0.25, -0.2) is 0 Å². The first-order valence-corrected chi connectivity index (χ1v) is 7.96. The summed E-state index contributed by atoms with van der Waals surface area (Å²) >= 11 is 0. The average molecular weight is 268 g/mol. The van der Waals surface area contributed by atoms with E-state index in [9.17, 15) is 0 Å². The zero-order valence-electron chi connectivity index (χ0n) is 12.3. The number of piperidine rings is 1. The molecular formula is C15H28N2O2. The highest BCUT2D eigenvalue weighted by Crippen LogP contribution is 2.31. The summed E-state index contributed by atoms with van der Waals surface area (Å²) in [5.74, 6) is 0. The normalized spacial score (nSPS) is 37.3. The molecule has 1 saturated heterocycles. The molecule has 0 aromatic rings. The van der Waals surface area contributed by atoms with Gasteiger partial charge in [-0.1, -0.05) is 0 Å². The maximum absolute atomic E-state index is 5.68. The number of methoxy groups -OCH3 is 1. The molecule has 3 unspecified atom stereocenters. The van der Waals surface area contributed by atoms with Crippen LogP contribution in [0.3, 0.4) is 0 Å². The second-order valence-electron chi connectivity index (χ2n) is 6.24. The lowest BCUT2D eigenvalue weighted by Gasteiger charge is -2.46. The van der Waals surface area contributed by atoms with E-state index in [0.717, 1.165) is 19.1 Å². The van der Waals surface area contributed by atoms with Crippen molar-refractivity contribution in [3.8, 4) is 0 Å². The van der Waals surface area contributed by atoms with Gasteiger partial charge >= 0.3 is 0 Å². The minimum Gasteiger partial charge on any atom is -0.377 e. The van der Waals surface area contributed by atoms with Crippen molar-refractivity contribution in [1.29, 1.82) is 0 Å². The number of hydrogen-bond acceptors (Lipinski definition) is 4. The van der Waals surface area contributed by atoms with Gasteiger partial charge in [-0.3, -0.25) is 0 Å². The molecule has 3 fully saturated rings. The zero-order chi connectivity index (χ0) is 13.2. The minimum atomic E-state index is 0.251. The molecule has 0 bridgehead atoms. The highest BCUT2D eigenvalue weighted by atomic mass is 16.5. The Kier molecular flexibility index (Phi) is 4.42. The van der Waals surface area contributed by atoms with Gasteiger partial charge in [0.05, 0.1) is 12.2 Å². The molecule has 0 aromatic carbocycles. The van der Waals surface area contributed by atoms with Crippen molar-refractivity contribution in [2.75, 3.05) is 26.8 Å². The van der Waals surface area contributed by atoms with Crippen LogP contribution >= 0.6 is 0 Å². The molecule has 4 nitrogen and oxygen atoms in total. The molecule has 3 rings (SSSR count). The molecule has 19 heavy (non-hydrogen) atoms. The molecule has 0 aromatic heterocycles. The van der Waals surface area contributed by atoms with Crippen molar-refractivity contribution in [2.24, 2.45) is 0 Å². The van der Waals surface area contributed by atoms with E-state index >= 15 is 0 Å². The van der Waals surface area contributed by atoms with Crippen molar-refractivity contribution < 1.29 is 9.47 Å². The van der Waals surface area contributed by atoms with Crippen LogP contribution in [0.15, 0.2) is 0 Å². The van der Waals surface area contributed by atoms with Crippen molar-refractivity contribution in [3.05, 3.63) is 0 Å². The summed E-state index contributed by atoms with van der Waals surface area (Å²) in [6.07, 6.45) is 7.12. The molecule has 3 aliphatic rings. The number of rotatable bonds is 6. The van der Waals surface area contributed by atoms with E-state index in [-0.39, 0.29) is 6.10 Å². The Morgan fingerprint density at radius 1 is 1.16 bits per heavy atom. The van der Waals surface area contributed by atoms with Gasteiger partial charge in [-0.2, -0.15) is 0 Å². The molecule has 0 radical (unpaired) electrons. The van der Waals surface area contributed by atoms with Crippen LogP contribution in [0.25, 0.3) is 0 Å². The summed E-state index contributed by atoms with van der Waals surface area (Å²) in [7, 11) is 1.81. The number of likely N-dealkylation sites (tertiary alicyclic amines) is 1. The number of hydrogen-bond donors (Lipinski definition) is 1. The van der Waals surface area contributed by atoms with E-state index in [1.54, 1.807) is 7.11 Å². The molecule has 0 spiro atoms. The standard InChI is InChI=1S/C15H28N2O2/c1-3-19-14-10-13(15(14)18-2)16-11-6-8-17(9-7-11)12-4-5-12/h11-16H,3-10H2,1-2H3. The predicted molar refractivity (Wildman–Crippen MR) is 75.4 cm³/mol. The molecule has 110 valence electrons. The van der Waals surface area contributed by atoms with Gasteiger partial charge in [0.2, 0.25) is 0 Å². The van der Waals surface area contributed by atoms with Gasteiger partial charge < -0.3 is 19.7 Å². The molecular weight excluding hydrogens is 240 g/mol. The van der Waals surface area contributed by atoms with Crippen molar-refractivity contribution in [1.82, 2.24) is 10.2 Å². The van der Waals surface area contributed by atoms with Crippen LogP contribution < -0.4 is 5.32 Å². The van der Waals surface area contributed by atoms with Crippen LogP contribution in [0.4, 0.5) is 0 Å². The maximum Gasteiger partial charge on any atom is 0.0986 e. The Balaban J connectivity index is 1.40. The third-order valence-corrected chi connectivity index (χ3v) is 4.94. The fourth-order valence-corrected chi connectivity index (χ4v) is 3.61. The molecule has 1 aliphatic heterocycles. The van der Waals surface area contributed by atoms with E-state index in [4.69, 9.17) is 9.47 Å². The van der Waals surface area contributed by atoms with Gasteiger partial charge in [0.1, 0.15) is 0 Å². The van der Waals surface area contributed by atoms with E-state index in [0.29, 0.717) is 18.2 Å².